The van der Waals surface area contributed by atoms with Gasteiger partial charge in [-0.15, -0.1) is 0 Å². The number of amidine groups is 1. The number of aromatic amines is 1. The molecule has 0 spiro atoms. The molecule has 0 fully saturated rings. The molecule has 0 saturated heterocycles. The van der Waals surface area contributed by atoms with Gasteiger partial charge in [0.2, 0.25) is 0 Å². The number of nitrogens with zero attached hydrogens (tertiary/aromatic N) is 1. The van der Waals surface area contributed by atoms with Gasteiger partial charge in [-0.25, -0.2) is 0 Å². The van der Waals surface area contributed by atoms with E-state index in [4.69, 9.17) is 11.1 Å². The third-order valence-electron chi connectivity index (χ3n) is 2.22. The summed E-state index contributed by atoms with van der Waals surface area (Å²) in [4.78, 5) is 0. The van der Waals surface area contributed by atoms with Gasteiger partial charge in [0.25, 0.3) is 0 Å². The average Bonchev–Trinajstić information content (AvgIpc) is 2.68. The summed E-state index contributed by atoms with van der Waals surface area (Å²) in [7, 11) is 0. The molecule has 0 unspecified atom stereocenters. The van der Waals surface area contributed by atoms with E-state index in [-0.39, 0.29) is 5.84 Å². The van der Waals surface area contributed by atoms with Crippen molar-refractivity contribution < 1.29 is 0 Å². The van der Waals surface area contributed by atoms with Crippen LogP contribution in [0, 0.1) is 12.3 Å². The minimum Gasteiger partial charge on any atom is -0.382 e. The van der Waals surface area contributed by atoms with Gasteiger partial charge in [0, 0.05) is 5.56 Å². The molecule has 1 aromatic heterocycles. The van der Waals surface area contributed by atoms with E-state index in [0.717, 1.165) is 11.3 Å². The van der Waals surface area contributed by atoms with Crippen LogP contribution in [0.5, 0.6) is 0 Å². The molecule has 0 bridgehead atoms. The molecule has 0 radical (unpaired) electrons. The molecule has 0 saturated carbocycles. The second-order valence-electron chi connectivity index (χ2n) is 3.45. The lowest BCUT2D eigenvalue weighted by atomic mass is 10.1. The van der Waals surface area contributed by atoms with E-state index in [1.165, 1.54) is 5.56 Å². The van der Waals surface area contributed by atoms with E-state index >= 15 is 0 Å². The Hall–Kier alpha value is -2.10. The number of hydrogen-bond donors (Lipinski definition) is 3. The van der Waals surface area contributed by atoms with Gasteiger partial charge in [-0.1, -0.05) is 29.8 Å². The second-order valence-corrected chi connectivity index (χ2v) is 3.45. The predicted octanol–water partition coefficient (Wildman–Crippen LogP) is 1.67. The smallest absolute Gasteiger partial charge is 0.141 e. The minimum absolute atomic E-state index is 0.000798. The molecule has 4 N–H and O–H groups in total. The molecular formula is C11H12N4. The summed E-state index contributed by atoms with van der Waals surface area (Å²) in [5.74, 6) is 0.000798. The first-order chi connectivity index (χ1) is 7.16. The first kappa shape index (κ1) is 9.45. The van der Waals surface area contributed by atoms with Crippen molar-refractivity contribution in [1.82, 2.24) is 10.2 Å². The van der Waals surface area contributed by atoms with Crippen LogP contribution in [0.2, 0.25) is 0 Å². The van der Waals surface area contributed by atoms with Crippen molar-refractivity contribution in [3.05, 3.63) is 41.6 Å². The highest BCUT2D eigenvalue weighted by Crippen LogP contribution is 2.17. The molecule has 0 aliphatic carbocycles. The summed E-state index contributed by atoms with van der Waals surface area (Å²) < 4.78 is 0. The number of H-pyrrole nitrogens is 1. The maximum absolute atomic E-state index is 7.25. The number of aromatic nitrogens is 2. The van der Waals surface area contributed by atoms with Gasteiger partial charge in [0.05, 0.1) is 11.4 Å². The van der Waals surface area contributed by atoms with Crippen molar-refractivity contribution >= 4 is 5.84 Å². The molecule has 1 heterocycles. The molecular weight excluding hydrogens is 188 g/mol. The van der Waals surface area contributed by atoms with Crippen LogP contribution in [0.15, 0.2) is 30.3 Å². The fourth-order valence-corrected chi connectivity index (χ4v) is 1.33. The van der Waals surface area contributed by atoms with Crippen molar-refractivity contribution in [3.8, 4) is 11.3 Å². The summed E-state index contributed by atoms with van der Waals surface area (Å²) in [6.45, 7) is 2.04. The van der Waals surface area contributed by atoms with E-state index in [1.807, 2.05) is 31.2 Å². The van der Waals surface area contributed by atoms with Crippen LogP contribution in [0.4, 0.5) is 0 Å². The summed E-state index contributed by atoms with van der Waals surface area (Å²) in [5.41, 5.74) is 8.92. The van der Waals surface area contributed by atoms with Crippen LogP contribution in [0.3, 0.4) is 0 Å². The van der Waals surface area contributed by atoms with Crippen molar-refractivity contribution in [3.63, 3.8) is 0 Å². The van der Waals surface area contributed by atoms with E-state index < -0.39 is 0 Å². The first-order valence-corrected chi connectivity index (χ1v) is 4.63. The molecule has 0 aliphatic rings. The first-order valence-electron chi connectivity index (χ1n) is 4.63. The van der Waals surface area contributed by atoms with Crippen LogP contribution >= 0.6 is 0 Å². The zero-order valence-corrected chi connectivity index (χ0v) is 8.41. The van der Waals surface area contributed by atoms with Crippen LogP contribution in [0.1, 0.15) is 11.3 Å². The number of hydrogen-bond acceptors (Lipinski definition) is 2. The highest BCUT2D eigenvalue weighted by molar-refractivity contribution is 5.94. The number of benzene rings is 1. The van der Waals surface area contributed by atoms with Crippen LogP contribution in [0.25, 0.3) is 11.3 Å². The number of nitrogens with one attached hydrogen (secondary N) is 2. The van der Waals surface area contributed by atoms with E-state index in [2.05, 4.69) is 10.2 Å². The molecule has 2 rings (SSSR count). The van der Waals surface area contributed by atoms with Crippen molar-refractivity contribution in [1.29, 1.82) is 5.41 Å². The number of aryl methyl sites for hydroxylation is 1. The predicted molar refractivity (Wildman–Crippen MR) is 59.8 cm³/mol. The summed E-state index contributed by atoms with van der Waals surface area (Å²) >= 11 is 0. The van der Waals surface area contributed by atoms with Gasteiger partial charge < -0.3 is 5.73 Å². The van der Waals surface area contributed by atoms with Crippen molar-refractivity contribution in [2.75, 3.05) is 0 Å². The zero-order chi connectivity index (χ0) is 10.8. The molecule has 76 valence electrons. The third kappa shape index (κ3) is 1.88. The lowest BCUT2D eigenvalue weighted by molar-refractivity contribution is 1.08. The third-order valence-corrected chi connectivity index (χ3v) is 2.22. The fraction of sp³-hybridized carbons (Fsp3) is 0.0909. The maximum Gasteiger partial charge on any atom is 0.141 e. The average molecular weight is 200 g/mol. The van der Waals surface area contributed by atoms with Crippen LogP contribution in [-0.4, -0.2) is 16.0 Å². The van der Waals surface area contributed by atoms with Gasteiger partial charge in [0.1, 0.15) is 5.84 Å². The SMILES string of the molecule is Cc1ccc(-c2cc(C(=N)N)[nH]n2)cc1. The normalized spacial score (nSPS) is 10.2. The molecule has 1 aromatic carbocycles. The topological polar surface area (TPSA) is 78.5 Å². The van der Waals surface area contributed by atoms with E-state index in [1.54, 1.807) is 6.07 Å². The Morgan fingerprint density at radius 1 is 1.33 bits per heavy atom. The lowest BCUT2D eigenvalue weighted by Crippen LogP contribution is -2.11. The van der Waals surface area contributed by atoms with Gasteiger partial charge in [-0.3, -0.25) is 10.5 Å². The number of nitrogens with two attached hydrogens (primary N) is 1. The molecule has 15 heavy (non-hydrogen) atoms. The monoisotopic (exact) mass is 200 g/mol. The van der Waals surface area contributed by atoms with Crippen LogP contribution < -0.4 is 5.73 Å². The van der Waals surface area contributed by atoms with Gasteiger partial charge in [-0.05, 0) is 13.0 Å². The Morgan fingerprint density at radius 3 is 2.53 bits per heavy atom. The molecule has 4 nitrogen and oxygen atoms in total. The van der Waals surface area contributed by atoms with Gasteiger partial charge in [0.15, 0.2) is 0 Å². The Labute approximate surface area is 87.6 Å². The standard InChI is InChI=1S/C11H12N4/c1-7-2-4-8(5-3-7)9-6-10(11(12)13)15-14-9/h2-6H,1H3,(H3,12,13)(H,14,15). The second kappa shape index (κ2) is 3.57. The Bertz CT molecular complexity index is 482. The van der Waals surface area contributed by atoms with Gasteiger partial charge >= 0.3 is 0 Å². The summed E-state index contributed by atoms with van der Waals surface area (Å²) in [6, 6.07) is 9.81. The summed E-state index contributed by atoms with van der Waals surface area (Å²) in [5, 5.41) is 14.1. The zero-order valence-electron chi connectivity index (χ0n) is 8.41. The summed E-state index contributed by atoms with van der Waals surface area (Å²) in [6.07, 6.45) is 0. The largest absolute Gasteiger partial charge is 0.382 e. The van der Waals surface area contributed by atoms with Crippen molar-refractivity contribution in [2.45, 2.75) is 6.92 Å². The maximum atomic E-state index is 7.25. The number of rotatable bonds is 2. The van der Waals surface area contributed by atoms with Gasteiger partial charge in [-0.2, -0.15) is 5.10 Å². The fourth-order valence-electron chi connectivity index (χ4n) is 1.33. The minimum atomic E-state index is 0.000798. The molecule has 4 heteroatoms. The quantitative estimate of drug-likeness (QED) is 0.509. The van der Waals surface area contributed by atoms with E-state index in [0.29, 0.717) is 5.69 Å². The van der Waals surface area contributed by atoms with E-state index in [9.17, 15) is 0 Å². The Kier molecular flexibility index (Phi) is 2.25. The lowest BCUT2D eigenvalue weighted by Gasteiger charge is -1.96. The highest BCUT2D eigenvalue weighted by Gasteiger charge is 2.04. The molecule has 2 aromatic rings. The van der Waals surface area contributed by atoms with Crippen molar-refractivity contribution in [2.24, 2.45) is 5.73 Å². The Balaban J connectivity index is 2.37. The molecule has 0 atom stereocenters. The highest BCUT2D eigenvalue weighted by atomic mass is 15.1. The molecule has 0 aliphatic heterocycles. The number of nitrogen functional groups attached to an aromatic ring is 1. The molecule has 0 amide bonds. The van der Waals surface area contributed by atoms with Crippen LogP contribution in [-0.2, 0) is 0 Å². The Morgan fingerprint density at radius 2 is 2.00 bits per heavy atom.